The SMILES string of the molecule is Cc1nc(Cn2ccsc2=O)oc1C. The number of hydrogen-bond acceptors (Lipinski definition) is 4. The summed E-state index contributed by atoms with van der Waals surface area (Å²) in [5, 5.41) is 1.75. The third-order valence-corrected chi connectivity index (χ3v) is 2.72. The molecule has 0 spiro atoms. The predicted molar refractivity (Wildman–Crippen MR) is 53.7 cm³/mol. The van der Waals surface area contributed by atoms with Gasteiger partial charge in [-0.1, -0.05) is 11.3 Å². The van der Waals surface area contributed by atoms with E-state index in [0.717, 1.165) is 11.5 Å². The largest absolute Gasteiger partial charge is 0.444 e. The highest BCUT2D eigenvalue weighted by atomic mass is 32.1. The van der Waals surface area contributed by atoms with Crippen LogP contribution >= 0.6 is 11.3 Å². The zero-order valence-electron chi connectivity index (χ0n) is 7.98. The lowest BCUT2D eigenvalue weighted by molar-refractivity contribution is 0.455. The Morgan fingerprint density at radius 3 is 2.86 bits per heavy atom. The summed E-state index contributed by atoms with van der Waals surface area (Å²) in [5.41, 5.74) is 0.878. The van der Waals surface area contributed by atoms with Crippen molar-refractivity contribution in [3.8, 4) is 0 Å². The first-order valence-electron chi connectivity index (χ1n) is 4.23. The van der Waals surface area contributed by atoms with Crippen LogP contribution in [0.25, 0.3) is 0 Å². The second-order valence-corrected chi connectivity index (χ2v) is 3.90. The van der Waals surface area contributed by atoms with E-state index >= 15 is 0 Å². The lowest BCUT2D eigenvalue weighted by Crippen LogP contribution is -2.12. The van der Waals surface area contributed by atoms with Gasteiger partial charge in [0.1, 0.15) is 12.3 Å². The van der Waals surface area contributed by atoms with Crippen LogP contribution in [0, 0.1) is 13.8 Å². The minimum absolute atomic E-state index is 0.0125. The summed E-state index contributed by atoms with van der Waals surface area (Å²) in [6, 6.07) is 0. The molecule has 2 aromatic rings. The maximum Gasteiger partial charge on any atom is 0.307 e. The normalized spacial score (nSPS) is 10.7. The second kappa shape index (κ2) is 3.42. The van der Waals surface area contributed by atoms with E-state index in [1.165, 1.54) is 11.3 Å². The molecule has 0 aliphatic heterocycles. The minimum Gasteiger partial charge on any atom is -0.444 e. The standard InChI is InChI=1S/C9H10N2O2S/c1-6-7(2)13-8(10-6)5-11-3-4-14-9(11)12/h3-4H,5H2,1-2H3. The molecular weight excluding hydrogens is 200 g/mol. The lowest BCUT2D eigenvalue weighted by atomic mass is 10.4. The smallest absolute Gasteiger partial charge is 0.307 e. The zero-order chi connectivity index (χ0) is 10.1. The van der Waals surface area contributed by atoms with Crippen LogP contribution in [0.4, 0.5) is 0 Å². The van der Waals surface area contributed by atoms with E-state index in [4.69, 9.17) is 4.42 Å². The van der Waals surface area contributed by atoms with Crippen molar-refractivity contribution in [1.82, 2.24) is 9.55 Å². The van der Waals surface area contributed by atoms with Crippen LogP contribution in [-0.4, -0.2) is 9.55 Å². The average Bonchev–Trinajstić information content (AvgIpc) is 2.63. The Morgan fingerprint density at radius 2 is 2.36 bits per heavy atom. The molecule has 5 heteroatoms. The van der Waals surface area contributed by atoms with Crippen molar-refractivity contribution >= 4 is 11.3 Å². The van der Waals surface area contributed by atoms with Gasteiger partial charge in [0.15, 0.2) is 0 Å². The molecule has 0 unspecified atom stereocenters. The molecule has 2 rings (SSSR count). The zero-order valence-corrected chi connectivity index (χ0v) is 8.80. The Bertz CT molecular complexity index is 475. The van der Waals surface area contributed by atoms with Gasteiger partial charge in [-0.05, 0) is 13.8 Å². The highest BCUT2D eigenvalue weighted by Crippen LogP contribution is 2.09. The molecule has 2 aromatic heterocycles. The molecule has 14 heavy (non-hydrogen) atoms. The molecule has 0 atom stereocenters. The molecule has 0 bridgehead atoms. The van der Waals surface area contributed by atoms with Crippen molar-refractivity contribution in [3.63, 3.8) is 0 Å². The van der Waals surface area contributed by atoms with Gasteiger partial charge < -0.3 is 4.42 Å². The molecule has 2 heterocycles. The first-order valence-corrected chi connectivity index (χ1v) is 5.11. The van der Waals surface area contributed by atoms with Crippen molar-refractivity contribution in [2.75, 3.05) is 0 Å². The number of thiazole rings is 1. The van der Waals surface area contributed by atoms with Gasteiger partial charge in [0, 0.05) is 11.6 Å². The Balaban J connectivity index is 2.27. The van der Waals surface area contributed by atoms with Crippen LogP contribution in [-0.2, 0) is 6.54 Å². The fraction of sp³-hybridized carbons (Fsp3) is 0.333. The first kappa shape index (κ1) is 9.21. The van der Waals surface area contributed by atoms with E-state index in [1.54, 1.807) is 16.1 Å². The Hall–Kier alpha value is -1.36. The molecule has 74 valence electrons. The van der Waals surface area contributed by atoms with Crippen molar-refractivity contribution in [2.45, 2.75) is 20.4 Å². The van der Waals surface area contributed by atoms with Crippen LogP contribution in [0.2, 0.25) is 0 Å². The lowest BCUT2D eigenvalue weighted by Gasteiger charge is -1.94. The Labute approximate surface area is 84.8 Å². The van der Waals surface area contributed by atoms with Gasteiger partial charge in [-0.15, -0.1) is 0 Å². The van der Waals surface area contributed by atoms with Gasteiger partial charge in [0.2, 0.25) is 5.89 Å². The highest BCUT2D eigenvalue weighted by Gasteiger charge is 2.06. The van der Waals surface area contributed by atoms with Crippen molar-refractivity contribution < 1.29 is 4.42 Å². The molecular formula is C9H10N2O2S. The van der Waals surface area contributed by atoms with E-state index in [9.17, 15) is 4.79 Å². The molecule has 0 amide bonds. The van der Waals surface area contributed by atoms with E-state index in [0.29, 0.717) is 12.4 Å². The van der Waals surface area contributed by atoms with Gasteiger partial charge in [0.05, 0.1) is 5.69 Å². The minimum atomic E-state index is 0.0125. The summed E-state index contributed by atoms with van der Waals surface area (Å²) >= 11 is 1.17. The number of nitrogens with zero attached hydrogens (tertiary/aromatic N) is 2. The van der Waals surface area contributed by atoms with E-state index < -0.39 is 0 Å². The average molecular weight is 210 g/mol. The Morgan fingerprint density at radius 1 is 1.57 bits per heavy atom. The monoisotopic (exact) mass is 210 g/mol. The molecule has 0 N–H and O–H groups in total. The number of rotatable bonds is 2. The summed E-state index contributed by atoms with van der Waals surface area (Å²) in [5.74, 6) is 1.39. The third kappa shape index (κ3) is 1.63. The van der Waals surface area contributed by atoms with Crippen LogP contribution < -0.4 is 4.87 Å². The second-order valence-electron chi connectivity index (χ2n) is 3.05. The van der Waals surface area contributed by atoms with Crippen molar-refractivity contribution in [1.29, 1.82) is 0 Å². The predicted octanol–water partition coefficient (Wildman–Crippen LogP) is 1.56. The van der Waals surface area contributed by atoms with Gasteiger partial charge in [-0.25, -0.2) is 4.98 Å². The molecule has 0 saturated heterocycles. The summed E-state index contributed by atoms with van der Waals surface area (Å²) in [6.45, 7) is 4.16. The number of hydrogen-bond donors (Lipinski definition) is 0. The van der Waals surface area contributed by atoms with E-state index in [-0.39, 0.29) is 4.87 Å². The molecule has 4 nitrogen and oxygen atoms in total. The molecule has 0 fully saturated rings. The molecule has 0 aliphatic rings. The number of aryl methyl sites for hydroxylation is 2. The van der Waals surface area contributed by atoms with Crippen molar-refractivity contribution in [2.24, 2.45) is 0 Å². The Kier molecular flexibility index (Phi) is 2.25. The summed E-state index contributed by atoms with van der Waals surface area (Å²) in [7, 11) is 0. The van der Waals surface area contributed by atoms with Crippen LogP contribution in [0.15, 0.2) is 20.8 Å². The van der Waals surface area contributed by atoms with Gasteiger partial charge in [-0.3, -0.25) is 9.36 Å². The molecule has 0 radical (unpaired) electrons. The summed E-state index contributed by atoms with van der Waals surface area (Å²) < 4.78 is 6.96. The van der Waals surface area contributed by atoms with E-state index in [1.807, 2.05) is 13.8 Å². The third-order valence-electron chi connectivity index (χ3n) is 2.02. The van der Waals surface area contributed by atoms with Crippen molar-refractivity contribution in [3.05, 3.63) is 38.6 Å². The fourth-order valence-corrected chi connectivity index (χ4v) is 1.75. The van der Waals surface area contributed by atoms with Crippen LogP contribution in [0.3, 0.4) is 0 Å². The maximum absolute atomic E-state index is 11.2. The number of oxazole rings is 1. The molecule has 0 saturated carbocycles. The van der Waals surface area contributed by atoms with Gasteiger partial charge in [-0.2, -0.15) is 0 Å². The maximum atomic E-state index is 11.2. The molecule has 0 aromatic carbocycles. The van der Waals surface area contributed by atoms with Crippen LogP contribution in [0.5, 0.6) is 0 Å². The first-order chi connectivity index (χ1) is 6.66. The number of aromatic nitrogens is 2. The van der Waals surface area contributed by atoms with E-state index in [2.05, 4.69) is 4.98 Å². The fourth-order valence-electron chi connectivity index (χ4n) is 1.16. The van der Waals surface area contributed by atoms with Crippen LogP contribution in [0.1, 0.15) is 17.3 Å². The summed E-state index contributed by atoms with van der Waals surface area (Å²) in [6.07, 6.45) is 1.74. The van der Waals surface area contributed by atoms with Gasteiger partial charge >= 0.3 is 4.87 Å². The quantitative estimate of drug-likeness (QED) is 0.755. The van der Waals surface area contributed by atoms with Gasteiger partial charge in [0.25, 0.3) is 0 Å². The topological polar surface area (TPSA) is 48.0 Å². The summed E-state index contributed by atoms with van der Waals surface area (Å²) in [4.78, 5) is 15.4. The molecule has 0 aliphatic carbocycles. The highest BCUT2D eigenvalue weighted by molar-refractivity contribution is 7.07.